The summed E-state index contributed by atoms with van der Waals surface area (Å²) in [6, 6.07) is 1.43. The summed E-state index contributed by atoms with van der Waals surface area (Å²) in [5.41, 5.74) is 10.7. The molecule has 1 aromatic rings. The molecule has 0 aliphatic heterocycles. The van der Waals surface area contributed by atoms with E-state index in [0.29, 0.717) is 18.4 Å². The number of nitrogens with zero attached hydrogens (tertiary/aromatic N) is 1. The summed E-state index contributed by atoms with van der Waals surface area (Å²) < 4.78 is 26.5. The van der Waals surface area contributed by atoms with Crippen molar-refractivity contribution in [2.24, 2.45) is 11.5 Å². The Bertz CT molecular complexity index is 647. The van der Waals surface area contributed by atoms with Crippen LogP contribution in [0.4, 0.5) is 0 Å². The highest BCUT2D eigenvalue weighted by Gasteiger charge is 2.14. The number of carbonyl (C=O) groups is 1. The van der Waals surface area contributed by atoms with Gasteiger partial charge in [0.1, 0.15) is 4.90 Å². The van der Waals surface area contributed by atoms with E-state index in [9.17, 15) is 13.2 Å². The maximum atomic E-state index is 12.0. The van der Waals surface area contributed by atoms with Crippen molar-refractivity contribution in [3.63, 3.8) is 0 Å². The number of pyridine rings is 1. The smallest absolute Gasteiger partial charge is 0.242 e. The number of hydrogen-bond donors (Lipinski definition) is 3. The van der Waals surface area contributed by atoms with E-state index < -0.39 is 15.9 Å². The summed E-state index contributed by atoms with van der Waals surface area (Å²) in [4.78, 5) is 14.4. The van der Waals surface area contributed by atoms with Gasteiger partial charge in [0.25, 0.3) is 0 Å². The number of hydrogen-bond acceptors (Lipinski definition) is 5. The van der Waals surface area contributed by atoms with Gasteiger partial charge in [0.2, 0.25) is 15.9 Å². The minimum Gasteiger partial charge on any atom is -0.370 e. The first-order valence-corrected chi connectivity index (χ1v) is 7.86. The largest absolute Gasteiger partial charge is 0.370 e. The summed E-state index contributed by atoms with van der Waals surface area (Å²) in [5, 5.41) is 0. The van der Waals surface area contributed by atoms with Crippen molar-refractivity contribution in [2.45, 2.75) is 24.2 Å². The molecule has 0 radical (unpaired) electrons. The Morgan fingerprint density at radius 1 is 1.33 bits per heavy atom. The predicted octanol–water partition coefficient (Wildman–Crippen LogP) is -0.674. The molecule has 0 spiro atoms. The minimum absolute atomic E-state index is 0.0428. The third kappa shape index (κ3) is 6.35. The lowest BCUT2D eigenvalue weighted by molar-refractivity contribution is -0.118. The Kier molecular flexibility index (Phi) is 6.81. The highest BCUT2D eigenvalue weighted by molar-refractivity contribution is 7.89. The Morgan fingerprint density at radius 2 is 2.10 bits per heavy atom. The van der Waals surface area contributed by atoms with Gasteiger partial charge in [-0.15, -0.1) is 0 Å². The number of aromatic nitrogens is 1. The molecule has 0 unspecified atom stereocenters. The molecule has 1 aromatic heterocycles. The summed E-state index contributed by atoms with van der Waals surface area (Å²) >= 11 is 0. The van der Waals surface area contributed by atoms with E-state index in [2.05, 4.69) is 21.5 Å². The molecule has 7 nitrogen and oxygen atoms in total. The van der Waals surface area contributed by atoms with Crippen LogP contribution in [-0.2, 0) is 14.8 Å². The predicted molar refractivity (Wildman–Crippen MR) is 78.4 cm³/mol. The summed E-state index contributed by atoms with van der Waals surface area (Å²) in [7, 11) is -3.64. The minimum atomic E-state index is -3.64. The molecule has 0 aliphatic rings. The SMILES string of the molecule is NCC#Cc1cncc(S(=O)(=O)NCCCCC(N)=O)c1. The van der Waals surface area contributed by atoms with Crippen molar-refractivity contribution in [2.75, 3.05) is 13.1 Å². The number of rotatable bonds is 7. The molecule has 1 heterocycles. The van der Waals surface area contributed by atoms with Gasteiger partial charge >= 0.3 is 0 Å². The van der Waals surface area contributed by atoms with Crippen LogP contribution in [0.2, 0.25) is 0 Å². The lowest BCUT2D eigenvalue weighted by Crippen LogP contribution is -2.25. The number of primary amides is 1. The lowest BCUT2D eigenvalue weighted by atomic mass is 10.2. The summed E-state index contributed by atoms with van der Waals surface area (Å²) in [6.45, 7) is 0.420. The number of nitrogens with one attached hydrogen (secondary N) is 1. The Hall–Kier alpha value is -1.95. The highest BCUT2D eigenvalue weighted by Crippen LogP contribution is 2.09. The molecule has 114 valence electrons. The van der Waals surface area contributed by atoms with E-state index in [1.165, 1.54) is 18.5 Å². The monoisotopic (exact) mass is 310 g/mol. The second kappa shape index (κ2) is 8.36. The molecule has 0 fully saturated rings. The molecular formula is C13H18N4O3S. The van der Waals surface area contributed by atoms with Crippen LogP contribution in [0.3, 0.4) is 0 Å². The normalized spacial score (nSPS) is 10.7. The molecule has 5 N–H and O–H groups in total. The lowest BCUT2D eigenvalue weighted by Gasteiger charge is -2.06. The van der Waals surface area contributed by atoms with E-state index in [4.69, 9.17) is 11.5 Å². The third-order valence-electron chi connectivity index (χ3n) is 2.50. The van der Waals surface area contributed by atoms with Gasteiger partial charge in [-0.25, -0.2) is 13.1 Å². The van der Waals surface area contributed by atoms with Crippen molar-refractivity contribution in [1.82, 2.24) is 9.71 Å². The second-order valence-corrected chi connectivity index (χ2v) is 6.00. The fourth-order valence-corrected chi connectivity index (χ4v) is 2.56. The van der Waals surface area contributed by atoms with E-state index in [1.54, 1.807) is 0 Å². The maximum absolute atomic E-state index is 12.0. The van der Waals surface area contributed by atoms with Crippen molar-refractivity contribution >= 4 is 15.9 Å². The molecule has 21 heavy (non-hydrogen) atoms. The molecule has 0 saturated carbocycles. The first kappa shape index (κ1) is 17.1. The van der Waals surface area contributed by atoms with Crippen molar-refractivity contribution in [1.29, 1.82) is 0 Å². The van der Waals surface area contributed by atoms with Gasteiger partial charge in [-0.3, -0.25) is 9.78 Å². The molecule has 1 rings (SSSR count). The van der Waals surface area contributed by atoms with Gasteiger partial charge in [0.05, 0.1) is 6.54 Å². The molecule has 1 amide bonds. The van der Waals surface area contributed by atoms with Crippen molar-refractivity contribution in [3.05, 3.63) is 24.0 Å². The van der Waals surface area contributed by atoms with Gasteiger partial charge < -0.3 is 11.5 Å². The van der Waals surface area contributed by atoms with Crippen LogP contribution in [0.1, 0.15) is 24.8 Å². The van der Waals surface area contributed by atoms with Crippen LogP contribution in [0, 0.1) is 11.8 Å². The number of nitrogens with two attached hydrogens (primary N) is 2. The van der Waals surface area contributed by atoms with Crippen LogP contribution in [0.5, 0.6) is 0 Å². The van der Waals surface area contributed by atoms with E-state index in [0.717, 1.165) is 0 Å². The van der Waals surface area contributed by atoms with E-state index >= 15 is 0 Å². The number of sulfonamides is 1. The summed E-state index contributed by atoms with van der Waals surface area (Å²) in [6.07, 6.45) is 4.03. The number of carbonyl (C=O) groups excluding carboxylic acids is 1. The Labute approximate surface area is 124 Å². The first-order valence-electron chi connectivity index (χ1n) is 6.37. The van der Waals surface area contributed by atoms with Crippen LogP contribution in [0.15, 0.2) is 23.4 Å². The quantitative estimate of drug-likeness (QED) is 0.454. The second-order valence-electron chi connectivity index (χ2n) is 4.24. The van der Waals surface area contributed by atoms with Gasteiger partial charge in [-0.05, 0) is 18.9 Å². The standard InChI is InChI=1S/C13H18N4O3S/c14-6-3-4-11-8-12(10-16-9-11)21(19,20)17-7-2-1-5-13(15)18/h8-10,17H,1-2,5-7,14H2,(H2,15,18). The van der Waals surface area contributed by atoms with Crippen LogP contribution >= 0.6 is 0 Å². The average molecular weight is 310 g/mol. The van der Waals surface area contributed by atoms with Crippen LogP contribution in [-0.4, -0.2) is 32.4 Å². The van der Waals surface area contributed by atoms with Gasteiger partial charge in [-0.2, -0.15) is 0 Å². The first-order chi connectivity index (χ1) is 9.95. The molecule has 0 aromatic carbocycles. The van der Waals surface area contributed by atoms with Crippen molar-refractivity contribution in [3.8, 4) is 11.8 Å². The highest BCUT2D eigenvalue weighted by atomic mass is 32.2. The van der Waals surface area contributed by atoms with Crippen molar-refractivity contribution < 1.29 is 13.2 Å². The van der Waals surface area contributed by atoms with Gasteiger partial charge in [0.15, 0.2) is 0 Å². The van der Waals surface area contributed by atoms with Gasteiger partial charge in [-0.1, -0.05) is 11.8 Å². The molecular weight excluding hydrogens is 292 g/mol. The third-order valence-corrected chi connectivity index (χ3v) is 3.93. The van der Waals surface area contributed by atoms with E-state index in [-0.39, 0.29) is 24.4 Å². The Morgan fingerprint density at radius 3 is 2.76 bits per heavy atom. The molecule has 0 saturated heterocycles. The fraction of sp³-hybridized carbons (Fsp3) is 0.385. The van der Waals surface area contributed by atoms with Gasteiger partial charge in [0, 0.05) is 30.9 Å². The van der Waals surface area contributed by atoms with Crippen LogP contribution in [0.25, 0.3) is 0 Å². The summed E-state index contributed by atoms with van der Waals surface area (Å²) in [5.74, 6) is 4.96. The molecule has 0 bridgehead atoms. The Balaban J connectivity index is 2.63. The topological polar surface area (TPSA) is 128 Å². The zero-order chi connectivity index (χ0) is 15.7. The number of unbranched alkanes of at least 4 members (excludes halogenated alkanes) is 1. The zero-order valence-electron chi connectivity index (χ0n) is 11.5. The molecule has 0 aliphatic carbocycles. The number of amides is 1. The fourth-order valence-electron chi connectivity index (χ4n) is 1.50. The van der Waals surface area contributed by atoms with Crippen LogP contribution < -0.4 is 16.2 Å². The molecule has 0 atom stereocenters. The van der Waals surface area contributed by atoms with E-state index in [1.807, 2.05) is 0 Å². The molecule has 8 heteroatoms. The maximum Gasteiger partial charge on any atom is 0.242 e. The zero-order valence-corrected chi connectivity index (χ0v) is 12.3. The average Bonchev–Trinajstić information content (AvgIpc) is 2.44.